The Bertz CT molecular complexity index is 339. The van der Waals surface area contributed by atoms with Crippen molar-refractivity contribution < 1.29 is 14.6 Å². The number of aryl methyl sites for hydroxylation is 1. The van der Waals surface area contributed by atoms with E-state index in [0.717, 1.165) is 5.56 Å². The second-order valence-corrected chi connectivity index (χ2v) is 3.34. The van der Waals surface area contributed by atoms with Crippen LogP contribution in [0.4, 0.5) is 0 Å². The van der Waals surface area contributed by atoms with E-state index in [1.165, 1.54) is 0 Å². The van der Waals surface area contributed by atoms with Gasteiger partial charge in [0.05, 0.1) is 20.3 Å². The van der Waals surface area contributed by atoms with Gasteiger partial charge in [0, 0.05) is 12.1 Å². The average molecular weight is 211 g/mol. The predicted molar refractivity (Wildman–Crippen MR) is 58.3 cm³/mol. The molecule has 15 heavy (non-hydrogen) atoms. The highest BCUT2D eigenvalue weighted by Gasteiger charge is 2.16. The first kappa shape index (κ1) is 11.8. The normalized spacial score (nSPS) is 12.3. The minimum atomic E-state index is -0.728. The molecule has 4 heteroatoms. The van der Waals surface area contributed by atoms with E-state index in [1.54, 1.807) is 14.2 Å². The lowest BCUT2D eigenvalue weighted by Crippen LogP contribution is -2.13. The fraction of sp³-hybridized carbons (Fsp3) is 0.455. The third-order valence-corrected chi connectivity index (χ3v) is 2.23. The Morgan fingerprint density at radius 1 is 1.33 bits per heavy atom. The highest BCUT2D eigenvalue weighted by Crippen LogP contribution is 2.35. The first-order chi connectivity index (χ1) is 7.13. The van der Waals surface area contributed by atoms with Crippen molar-refractivity contribution in [1.29, 1.82) is 0 Å². The molecule has 0 amide bonds. The van der Waals surface area contributed by atoms with E-state index in [-0.39, 0.29) is 6.54 Å². The molecule has 0 aliphatic heterocycles. The molecule has 0 radical (unpaired) electrons. The van der Waals surface area contributed by atoms with Crippen molar-refractivity contribution in [2.75, 3.05) is 20.8 Å². The van der Waals surface area contributed by atoms with Crippen molar-refractivity contribution >= 4 is 0 Å². The topological polar surface area (TPSA) is 64.7 Å². The molecule has 1 atom stereocenters. The van der Waals surface area contributed by atoms with E-state index in [1.807, 2.05) is 19.1 Å². The fourth-order valence-corrected chi connectivity index (χ4v) is 1.51. The van der Waals surface area contributed by atoms with Gasteiger partial charge in [0.1, 0.15) is 0 Å². The van der Waals surface area contributed by atoms with Crippen LogP contribution in [0, 0.1) is 6.92 Å². The van der Waals surface area contributed by atoms with Crippen LogP contribution in [-0.4, -0.2) is 25.9 Å². The van der Waals surface area contributed by atoms with Gasteiger partial charge in [-0.25, -0.2) is 0 Å². The SMILES string of the molecule is COc1cc(C)cc(C(O)CN)c1OC. The molecule has 0 fully saturated rings. The van der Waals surface area contributed by atoms with Gasteiger partial charge in [0.15, 0.2) is 11.5 Å². The third-order valence-electron chi connectivity index (χ3n) is 2.23. The van der Waals surface area contributed by atoms with Gasteiger partial charge in [-0.3, -0.25) is 0 Å². The summed E-state index contributed by atoms with van der Waals surface area (Å²) in [5.41, 5.74) is 7.08. The Balaban J connectivity index is 3.28. The van der Waals surface area contributed by atoms with Gasteiger partial charge < -0.3 is 20.3 Å². The summed E-state index contributed by atoms with van der Waals surface area (Å²) in [7, 11) is 3.11. The molecule has 4 nitrogen and oxygen atoms in total. The van der Waals surface area contributed by atoms with Gasteiger partial charge in [-0.15, -0.1) is 0 Å². The van der Waals surface area contributed by atoms with Crippen molar-refractivity contribution in [2.24, 2.45) is 5.73 Å². The van der Waals surface area contributed by atoms with Crippen LogP contribution in [0.3, 0.4) is 0 Å². The predicted octanol–water partition coefficient (Wildman–Crippen LogP) is 1.00. The Morgan fingerprint density at radius 3 is 2.47 bits per heavy atom. The molecular weight excluding hydrogens is 194 g/mol. The number of hydrogen-bond donors (Lipinski definition) is 2. The molecular formula is C11H17NO3. The lowest BCUT2D eigenvalue weighted by atomic mass is 10.0. The van der Waals surface area contributed by atoms with Crippen LogP contribution in [0.25, 0.3) is 0 Å². The largest absolute Gasteiger partial charge is 0.493 e. The van der Waals surface area contributed by atoms with Crippen molar-refractivity contribution in [3.05, 3.63) is 23.3 Å². The van der Waals surface area contributed by atoms with E-state index in [0.29, 0.717) is 17.1 Å². The summed E-state index contributed by atoms with van der Waals surface area (Å²) in [5, 5.41) is 9.73. The van der Waals surface area contributed by atoms with Crippen molar-refractivity contribution in [1.82, 2.24) is 0 Å². The minimum absolute atomic E-state index is 0.156. The second-order valence-electron chi connectivity index (χ2n) is 3.34. The molecule has 0 aliphatic carbocycles. The highest BCUT2D eigenvalue weighted by molar-refractivity contribution is 5.50. The zero-order valence-electron chi connectivity index (χ0n) is 9.28. The molecule has 1 rings (SSSR count). The maximum absolute atomic E-state index is 9.73. The van der Waals surface area contributed by atoms with Gasteiger partial charge in [-0.1, -0.05) is 0 Å². The van der Waals surface area contributed by atoms with E-state index < -0.39 is 6.10 Å². The number of aliphatic hydroxyl groups is 1. The van der Waals surface area contributed by atoms with Crippen molar-refractivity contribution in [3.8, 4) is 11.5 Å². The smallest absolute Gasteiger partial charge is 0.166 e. The number of methoxy groups -OCH3 is 2. The first-order valence-electron chi connectivity index (χ1n) is 4.74. The quantitative estimate of drug-likeness (QED) is 0.780. The van der Waals surface area contributed by atoms with Gasteiger partial charge in [0.2, 0.25) is 0 Å². The van der Waals surface area contributed by atoms with E-state index >= 15 is 0 Å². The van der Waals surface area contributed by atoms with Crippen LogP contribution in [0.1, 0.15) is 17.2 Å². The van der Waals surface area contributed by atoms with Gasteiger partial charge >= 0.3 is 0 Å². The Hall–Kier alpha value is -1.26. The molecule has 0 saturated heterocycles. The summed E-state index contributed by atoms with van der Waals surface area (Å²) in [6.07, 6.45) is -0.728. The summed E-state index contributed by atoms with van der Waals surface area (Å²) < 4.78 is 10.4. The van der Waals surface area contributed by atoms with Crippen LogP contribution in [0.2, 0.25) is 0 Å². The number of ether oxygens (including phenoxy) is 2. The first-order valence-corrected chi connectivity index (χ1v) is 4.74. The minimum Gasteiger partial charge on any atom is -0.493 e. The zero-order chi connectivity index (χ0) is 11.4. The maximum atomic E-state index is 9.73. The van der Waals surface area contributed by atoms with Crippen LogP contribution in [0.5, 0.6) is 11.5 Å². The van der Waals surface area contributed by atoms with Crippen molar-refractivity contribution in [3.63, 3.8) is 0 Å². The summed E-state index contributed by atoms with van der Waals surface area (Å²) >= 11 is 0. The summed E-state index contributed by atoms with van der Waals surface area (Å²) in [6, 6.07) is 3.70. The number of nitrogens with two attached hydrogens (primary N) is 1. The zero-order valence-corrected chi connectivity index (χ0v) is 9.28. The van der Waals surface area contributed by atoms with Gasteiger partial charge in [0.25, 0.3) is 0 Å². The molecule has 0 spiro atoms. The number of aliphatic hydroxyl groups excluding tert-OH is 1. The molecule has 1 unspecified atom stereocenters. The molecule has 0 heterocycles. The molecule has 0 saturated carbocycles. The van der Waals surface area contributed by atoms with E-state index in [9.17, 15) is 5.11 Å². The van der Waals surface area contributed by atoms with Gasteiger partial charge in [-0.2, -0.15) is 0 Å². The lowest BCUT2D eigenvalue weighted by molar-refractivity contribution is 0.181. The van der Waals surface area contributed by atoms with Crippen LogP contribution in [0.15, 0.2) is 12.1 Å². The second kappa shape index (κ2) is 5.00. The molecule has 0 aliphatic rings. The fourth-order valence-electron chi connectivity index (χ4n) is 1.51. The molecule has 84 valence electrons. The Kier molecular flexibility index (Phi) is 3.94. The molecule has 0 bridgehead atoms. The molecule has 1 aromatic rings. The monoisotopic (exact) mass is 211 g/mol. The standard InChI is InChI=1S/C11H17NO3/c1-7-4-8(9(13)6-12)11(15-3)10(5-7)14-2/h4-5,9,13H,6,12H2,1-3H3. The van der Waals surface area contributed by atoms with Crippen molar-refractivity contribution in [2.45, 2.75) is 13.0 Å². The van der Waals surface area contributed by atoms with Crippen LogP contribution in [-0.2, 0) is 0 Å². The number of benzene rings is 1. The summed E-state index contributed by atoms with van der Waals surface area (Å²) in [4.78, 5) is 0. The van der Waals surface area contributed by atoms with E-state index in [4.69, 9.17) is 15.2 Å². The molecule has 3 N–H and O–H groups in total. The average Bonchev–Trinajstić information content (AvgIpc) is 2.26. The number of rotatable bonds is 4. The Morgan fingerprint density at radius 2 is 2.00 bits per heavy atom. The van der Waals surface area contributed by atoms with Crippen LogP contribution < -0.4 is 15.2 Å². The Labute approximate surface area is 89.6 Å². The number of hydrogen-bond acceptors (Lipinski definition) is 4. The van der Waals surface area contributed by atoms with Crippen LogP contribution >= 0.6 is 0 Å². The lowest BCUT2D eigenvalue weighted by Gasteiger charge is -2.16. The molecule has 1 aromatic carbocycles. The third kappa shape index (κ3) is 2.40. The maximum Gasteiger partial charge on any atom is 0.166 e. The summed E-state index contributed by atoms with van der Waals surface area (Å²) in [5.74, 6) is 1.15. The van der Waals surface area contributed by atoms with E-state index in [2.05, 4.69) is 0 Å². The highest BCUT2D eigenvalue weighted by atomic mass is 16.5. The molecule has 0 aromatic heterocycles. The summed E-state index contributed by atoms with van der Waals surface area (Å²) in [6.45, 7) is 2.08. The van der Waals surface area contributed by atoms with Gasteiger partial charge in [-0.05, 0) is 24.6 Å².